The van der Waals surface area contributed by atoms with Crippen LogP contribution in [0.25, 0.3) is 0 Å². The first kappa shape index (κ1) is 17.8. The van der Waals surface area contributed by atoms with Gasteiger partial charge in [0, 0.05) is 28.7 Å². The Morgan fingerprint density at radius 2 is 2.06 bits per heavy atom. The number of benzene rings is 1. The molecular weight excluding hydrogens is 319 g/mol. The minimum atomic E-state index is -0.199. The predicted molar refractivity (Wildman–Crippen MR) is 80.5 cm³/mol. The molecule has 0 spiro atoms. The first-order valence-electron chi connectivity index (χ1n) is 5.78. The van der Waals surface area contributed by atoms with Crippen LogP contribution in [0.4, 0.5) is 4.39 Å². The van der Waals surface area contributed by atoms with Crippen LogP contribution < -0.4 is 11.1 Å². The maximum Gasteiger partial charge on any atom is 0.128 e. The van der Waals surface area contributed by atoms with Gasteiger partial charge >= 0.3 is 0 Å². The summed E-state index contributed by atoms with van der Waals surface area (Å²) in [4.78, 5) is 0. The van der Waals surface area contributed by atoms with Gasteiger partial charge in [-0.2, -0.15) is 0 Å². The van der Waals surface area contributed by atoms with E-state index in [-0.39, 0.29) is 23.8 Å². The quantitative estimate of drug-likeness (QED) is 0.862. The van der Waals surface area contributed by atoms with Crippen molar-refractivity contribution < 1.29 is 4.39 Å². The molecule has 1 aromatic carbocycles. The van der Waals surface area contributed by atoms with Gasteiger partial charge in [0.2, 0.25) is 0 Å². The summed E-state index contributed by atoms with van der Waals surface area (Å²) in [5, 5.41) is 3.34. The summed E-state index contributed by atoms with van der Waals surface area (Å²) in [6.45, 7) is 7.30. The first-order valence-corrected chi connectivity index (χ1v) is 6.57. The molecule has 0 heterocycles. The number of hydrogen-bond acceptors (Lipinski definition) is 2. The molecule has 104 valence electrons. The standard InChI is InChI=1S/C13H20BrFN2.ClH/c1-9(2)13(3,8-16)17-7-10-4-5-11(14)6-12(10)15;/h4-6,9,17H,7-8,16H2,1-3H3;1H. The molecule has 0 radical (unpaired) electrons. The largest absolute Gasteiger partial charge is 0.329 e. The molecule has 0 aliphatic heterocycles. The summed E-state index contributed by atoms with van der Waals surface area (Å²) in [5.74, 6) is 0.195. The summed E-state index contributed by atoms with van der Waals surface area (Å²) < 4.78 is 14.4. The second-order valence-corrected chi connectivity index (χ2v) is 5.78. The van der Waals surface area contributed by atoms with E-state index in [1.54, 1.807) is 6.07 Å². The third-order valence-corrected chi connectivity index (χ3v) is 3.89. The monoisotopic (exact) mass is 338 g/mol. The van der Waals surface area contributed by atoms with Gasteiger partial charge in [-0.25, -0.2) is 4.39 Å². The molecular formula is C13H21BrClFN2. The van der Waals surface area contributed by atoms with Gasteiger partial charge in [0.1, 0.15) is 5.82 Å². The summed E-state index contributed by atoms with van der Waals surface area (Å²) in [6, 6.07) is 5.10. The molecule has 0 aromatic heterocycles. The highest BCUT2D eigenvalue weighted by Crippen LogP contribution is 2.18. The van der Waals surface area contributed by atoms with Crippen LogP contribution in [0.5, 0.6) is 0 Å². The summed E-state index contributed by atoms with van der Waals surface area (Å²) >= 11 is 3.24. The van der Waals surface area contributed by atoms with Gasteiger partial charge in [0.25, 0.3) is 0 Å². The minimum absolute atomic E-state index is 0. The topological polar surface area (TPSA) is 38.0 Å². The zero-order valence-electron chi connectivity index (χ0n) is 11.0. The minimum Gasteiger partial charge on any atom is -0.329 e. The van der Waals surface area contributed by atoms with E-state index in [1.165, 1.54) is 6.07 Å². The van der Waals surface area contributed by atoms with Gasteiger partial charge in [-0.3, -0.25) is 0 Å². The Morgan fingerprint density at radius 3 is 2.50 bits per heavy atom. The number of nitrogens with two attached hydrogens (primary N) is 1. The predicted octanol–water partition coefficient (Wildman–Crippen LogP) is 3.47. The molecule has 3 N–H and O–H groups in total. The van der Waals surface area contributed by atoms with E-state index in [0.717, 1.165) is 4.47 Å². The highest BCUT2D eigenvalue weighted by Gasteiger charge is 2.25. The van der Waals surface area contributed by atoms with Crippen LogP contribution in [0.1, 0.15) is 26.3 Å². The third kappa shape index (κ3) is 4.50. The number of halogens is 3. The van der Waals surface area contributed by atoms with Crippen molar-refractivity contribution in [2.24, 2.45) is 11.7 Å². The lowest BCUT2D eigenvalue weighted by Gasteiger charge is -2.34. The molecule has 1 aromatic rings. The molecule has 18 heavy (non-hydrogen) atoms. The van der Waals surface area contributed by atoms with Gasteiger partial charge < -0.3 is 11.1 Å². The molecule has 2 nitrogen and oxygen atoms in total. The van der Waals surface area contributed by atoms with E-state index in [9.17, 15) is 4.39 Å². The number of rotatable bonds is 5. The molecule has 0 saturated heterocycles. The van der Waals surface area contributed by atoms with E-state index in [0.29, 0.717) is 24.6 Å². The van der Waals surface area contributed by atoms with Gasteiger partial charge in [-0.05, 0) is 25.0 Å². The Bertz CT molecular complexity index is 387. The second-order valence-electron chi connectivity index (χ2n) is 4.87. The normalized spacial score (nSPS) is 14.2. The van der Waals surface area contributed by atoms with Crippen molar-refractivity contribution in [3.05, 3.63) is 34.1 Å². The number of hydrogen-bond donors (Lipinski definition) is 2. The highest BCUT2D eigenvalue weighted by atomic mass is 79.9. The average molecular weight is 340 g/mol. The fourth-order valence-corrected chi connectivity index (χ4v) is 1.81. The van der Waals surface area contributed by atoms with Crippen LogP contribution in [-0.4, -0.2) is 12.1 Å². The van der Waals surface area contributed by atoms with Crippen molar-refractivity contribution in [1.29, 1.82) is 0 Å². The zero-order valence-corrected chi connectivity index (χ0v) is 13.4. The van der Waals surface area contributed by atoms with Gasteiger partial charge in [-0.1, -0.05) is 35.8 Å². The fourth-order valence-electron chi connectivity index (χ4n) is 1.47. The number of nitrogens with one attached hydrogen (secondary N) is 1. The van der Waals surface area contributed by atoms with Crippen molar-refractivity contribution >= 4 is 28.3 Å². The second kappa shape index (κ2) is 7.43. The van der Waals surface area contributed by atoms with E-state index in [2.05, 4.69) is 42.0 Å². The molecule has 5 heteroatoms. The molecule has 0 amide bonds. The Kier molecular flexibility index (Phi) is 7.37. The van der Waals surface area contributed by atoms with Crippen molar-refractivity contribution in [3.63, 3.8) is 0 Å². The van der Waals surface area contributed by atoms with Crippen molar-refractivity contribution in [2.75, 3.05) is 6.54 Å². The average Bonchev–Trinajstić information content (AvgIpc) is 2.27. The van der Waals surface area contributed by atoms with Gasteiger partial charge in [0.05, 0.1) is 0 Å². The van der Waals surface area contributed by atoms with Crippen LogP contribution in [-0.2, 0) is 6.54 Å². The molecule has 1 unspecified atom stereocenters. The molecule has 1 rings (SSSR count). The van der Waals surface area contributed by atoms with E-state index >= 15 is 0 Å². The van der Waals surface area contributed by atoms with E-state index < -0.39 is 0 Å². The van der Waals surface area contributed by atoms with Crippen LogP contribution in [0.3, 0.4) is 0 Å². The SMILES string of the molecule is CC(C)C(C)(CN)NCc1ccc(Br)cc1F.Cl. The summed E-state index contributed by atoms with van der Waals surface area (Å²) in [6.07, 6.45) is 0. The maximum absolute atomic E-state index is 13.6. The fraction of sp³-hybridized carbons (Fsp3) is 0.538. The maximum atomic E-state index is 13.6. The smallest absolute Gasteiger partial charge is 0.128 e. The molecule has 0 bridgehead atoms. The van der Waals surface area contributed by atoms with Crippen LogP contribution in [0.2, 0.25) is 0 Å². The Hall–Kier alpha value is -0.160. The molecule has 1 atom stereocenters. The van der Waals surface area contributed by atoms with E-state index in [1.807, 2.05) is 6.07 Å². The first-order chi connectivity index (χ1) is 7.89. The summed E-state index contributed by atoms with van der Waals surface area (Å²) in [5.41, 5.74) is 6.26. The third-order valence-electron chi connectivity index (χ3n) is 3.40. The molecule has 0 aliphatic carbocycles. The lowest BCUT2D eigenvalue weighted by molar-refractivity contribution is 0.266. The van der Waals surface area contributed by atoms with Crippen LogP contribution in [0, 0.1) is 11.7 Å². The van der Waals surface area contributed by atoms with Crippen molar-refractivity contribution in [3.8, 4) is 0 Å². The lowest BCUT2D eigenvalue weighted by Crippen LogP contribution is -2.52. The zero-order chi connectivity index (χ0) is 13.1. The highest BCUT2D eigenvalue weighted by molar-refractivity contribution is 9.10. The Morgan fingerprint density at radius 1 is 1.44 bits per heavy atom. The molecule has 0 saturated carbocycles. The van der Waals surface area contributed by atoms with E-state index in [4.69, 9.17) is 5.73 Å². The molecule has 0 fully saturated rings. The summed E-state index contributed by atoms with van der Waals surface area (Å²) in [7, 11) is 0. The van der Waals surface area contributed by atoms with Gasteiger partial charge in [-0.15, -0.1) is 12.4 Å². The molecule has 0 aliphatic rings. The Labute approximate surface area is 123 Å². The van der Waals surface area contributed by atoms with Gasteiger partial charge in [0.15, 0.2) is 0 Å². The Balaban J connectivity index is 0.00000289. The van der Waals surface area contributed by atoms with Crippen LogP contribution in [0.15, 0.2) is 22.7 Å². The van der Waals surface area contributed by atoms with Crippen molar-refractivity contribution in [2.45, 2.75) is 32.9 Å². The van der Waals surface area contributed by atoms with Crippen molar-refractivity contribution in [1.82, 2.24) is 5.32 Å². The van der Waals surface area contributed by atoms with Crippen LogP contribution >= 0.6 is 28.3 Å². The lowest BCUT2D eigenvalue weighted by atomic mass is 9.88.